The number of hydrogen-bond donors (Lipinski definition) is 2. The lowest BCUT2D eigenvalue weighted by Crippen LogP contribution is -2.35. The van der Waals surface area contributed by atoms with Crippen LogP contribution in [0.1, 0.15) is 37.4 Å². The summed E-state index contributed by atoms with van der Waals surface area (Å²) in [5.74, 6) is -0.263. The largest absolute Gasteiger partial charge is 0.466 e. The molecule has 1 aromatic heterocycles. The maximum Gasteiger partial charge on any atom is 0.340 e. The molecule has 0 spiro atoms. The number of aromatic nitrogens is 1. The standard InChI is InChI=1S/C21H25N3O4/c1-11-15-7-23-9-17(20(25)27-3)14(15)6-19(11)28-21(26)18-10-24-12(2)16-8-22-5-4-13(16)18/h4-5,8-12,14-15,19,23-24H,6-7H2,1-3H3. The van der Waals surface area contributed by atoms with Gasteiger partial charge in [-0.05, 0) is 36.8 Å². The zero-order valence-electron chi connectivity index (χ0n) is 16.3. The van der Waals surface area contributed by atoms with E-state index < -0.39 is 0 Å². The van der Waals surface area contributed by atoms with Crippen molar-refractivity contribution in [3.63, 3.8) is 0 Å². The number of rotatable bonds is 3. The summed E-state index contributed by atoms with van der Waals surface area (Å²) >= 11 is 0. The van der Waals surface area contributed by atoms with E-state index in [1.54, 1.807) is 24.8 Å². The first-order valence-corrected chi connectivity index (χ1v) is 9.64. The normalized spacial score (nSPS) is 30.6. The lowest BCUT2D eigenvalue weighted by molar-refractivity contribution is -0.143. The highest BCUT2D eigenvalue weighted by Crippen LogP contribution is 2.44. The second-order valence-electron chi connectivity index (χ2n) is 7.72. The number of ether oxygens (including phenoxy) is 2. The average Bonchev–Trinajstić information content (AvgIpc) is 3.03. The maximum atomic E-state index is 13.0. The summed E-state index contributed by atoms with van der Waals surface area (Å²) in [6.07, 6.45) is 7.30. The fourth-order valence-electron chi connectivity index (χ4n) is 4.61. The van der Waals surface area contributed by atoms with E-state index in [0.717, 1.165) is 17.7 Å². The van der Waals surface area contributed by atoms with Crippen molar-refractivity contribution in [1.29, 1.82) is 0 Å². The molecule has 5 atom stereocenters. The smallest absolute Gasteiger partial charge is 0.340 e. The monoisotopic (exact) mass is 383 g/mol. The van der Waals surface area contributed by atoms with Crippen molar-refractivity contribution in [3.8, 4) is 0 Å². The molecule has 2 N–H and O–H groups in total. The summed E-state index contributed by atoms with van der Waals surface area (Å²) < 4.78 is 10.8. The Hall–Kier alpha value is -2.83. The number of carbonyl (C=O) groups excluding carboxylic acids is 2. The highest BCUT2D eigenvalue weighted by atomic mass is 16.5. The Morgan fingerprint density at radius 1 is 1.21 bits per heavy atom. The van der Waals surface area contributed by atoms with Crippen LogP contribution in [0.4, 0.5) is 0 Å². The van der Waals surface area contributed by atoms with E-state index in [4.69, 9.17) is 9.47 Å². The van der Waals surface area contributed by atoms with Crippen LogP contribution in [-0.2, 0) is 19.1 Å². The van der Waals surface area contributed by atoms with Crippen molar-refractivity contribution in [2.45, 2.75) is 32.4 Å². The van der Waals surface area contributed by atoms with Crippen LogP contribution in [0.5, 0.6) is 0 Å². The third-order valence-electron chi connectivity index (χ3n) is 6.26. The molecule has 3 heterocycles. The van der Waals surface area contributed by atoms with Crippen LogP contribution in [0, 0.1) is 17.8 Å². The molecule has 4 rings (SSSR count). The molecular weight excluding hydrogens is 358 g/mol. The van der Waals surface area contributed by atoms with Crippen LogP contribution in [-0.4, -0.2) is 36.7 Å². The van der Waals surface area contributed by atoms with E-state index >= 15 is 0 Å². The minimum absolute atomic E-state index is 0.0384. The molecule has 1 aliphatic carbocycles. The molecule has 28 heavy (non-hydrogen) atoms. The summed E-state index contributed by atoms with van der Waals surface area (Å²) in [7, 11) is 1.39. The molecule has 0 bridgehead atoms. The van der Waals surface area contributed by atoms with E-state index in [0.29, 0.717) is 17.6 Å². The van der Waals surface area contributed by atoms with Gasteiger partial charge in [-0.15, -0.1) is 0 Å². The van der Waals surface area contributed by atoms with Gasteiger partial charge in [0, 0.05) is 42.8 Å². The molecule has 0 aromatic carbocycles. The lowest BCUT2D eigenvalue weighted by Gasteiger charge is -2.28. The number of hydrogen-bond acceptors (Lipinski definition) is 7. The van der Waals surface area contributed by atoms with Crippen molar-refractivity contribution in [2.24, 2.45) is 17.8 Å². The van der Waals surface area contributed by atoms with Crippen LogP contribution in [0.3, 0.4) is 0 Å². The first-order chi connectivity index (χ1) is 13.5. The van der Waals surface area contributed by atoms with E-state index in [1.165, 1.54) is 7.11 Å². The maximum absolute atomic E-state index is 13.0. The minimum atomic E-state index is -0.348. The van der Waals surface area contributed by atoms with Gasteiger partial charge in [-0.1, -0.05) is 6.92 Å². The number of esters is 2. The van der Waals surface area contributed by atoms with Gasteiger partial charge in [-0.25, -0.2) is 9.59 Å². The van der Waals surface area contributed by atoms with Crippen molar-refractivity contribution in [3.05, 3.63) is 47.6 Å². The summed E-state index contributed by atoms with van der Waals surface area (Å²) in [5, 5.41) is 6.38. The highest BCUT2D eigenvalue weighted by Gasteiger charge is 2.47. The molecule has 1 fully saturated rings. The molecule has 2 aliphatic heterocycles. The quantitative estimate of drug-likeness (QED) is 0.771. The molecule has 0 saturated heterocycles. The van der Waals surface area contributed by atoms with E-state index in [2.05, 4.69) is 22.5 Å². The van der Waals surface area contributed by atoms with Crippen LogP contribution in [0.2, 0.25) is 0 Å². The predicted octanol–water partition coefficient (Wildman–Crippen LogP) is 1.93. The lowest BCUT2D eigenvalue weighted by atomic mass is 9.83. The van der Waals surface area contributed by atoms with Gasteiger partial charge in [0.05, 0.1) is 24.3 Å². The first-order valence-electron chi connectivity index (χ1n) is 9.64. The van der Waals surface area contributed by atoms with Crippen LogP contribution in [0.15, 0.2) is 36.4 Å². The van der Waals surface area contributed by atoms with Gasteiger partial charge in [0.1, 0.15) is 6.10 Å². The number of nitrogens with one attached hydrogen (secondary N) is 2. The van der Waals surface area contributed by atoms with Gasteiger partial charge in [0.15, 0.2) is 0 Å². The molecule has 5 unspecified atom stereocenters. The Kier molecular flexibility index (Phi) is 4.83. The Morgan fingerprint density at radius 2 is 2.04 bits per heavy atom. The van der Waals surface area contributed by atoms with Crippen molar-refractivity contribution >= 4 is 17.5 Å². The van der Waals surface area contributed by atoms with Gasteiger partial charge < -0.3 is 20.1 Å². The van der Waals surface area contributed by atoms with E-state index in [9.17, 15) is 9.59 Å². The molecule has 7 heteroatoms. The van der Waals surface area contributed by atoms with Crippen molar-refractivity contribution in [2.75, 3.05) is 13.7 Å². The highest BCUT2D eigenvalue weighted by molar-refractivity contribution is 6.17. The van der Waals surface area contributed by atoms with Gasteiger partial charge in [0.2, 0.25) is 0 Å². The van der Waals surface area contributed by atoms with E-state index in [-0.39, 0.29) is 41.8 Å². The number of pyridine rings is 1. The number of methoxy groups -OCH3 is 1. The van der Waals surface area contributed by atoms with Crippen molar-refractivity contribution < 1.29 is 19.1 Å². The zero-order valence-corrected chi connectivity index (χ0v) is 16.3. The summed E-state index contributed by atoms with van der Waals surface area (Å²) in [5.41, 5.74) is 2.98. The third-order valence-corrected chi connectivity index (χ3v) is 6.26. The molecule has 148 valence electrons. The van der Waals surface area contributed by atoms with Gasteiger partial charge in [0.25, 0.3) is 0 Å². The Morgan fingerprint density at radius 3 is 2.82 bits per heavy atom. The minimum Gasteiger partial charge on any atom is -0.466 e. The number of carbonyl (C=O) groups is 2. The average molecular weight is 383 g/mol. The van der Waals surface area contributed by atoms with Crippen LogP contribution in [0.25, 0.3) is 5.57 Å². The molecule has 0 radical (unpaired) electrons. The molecule has 3 aliphatic rings. The summed E-state index contributed by atoms with van der Waals surface area (Å²) in [6, 6.07) is 1.94. The fraction of sp³-hybridized carbons (Fsp3) is 0.476. The number of nitrogens with zero attached hydrogens (tertiary/aromatic N) is 1. The molecule has 1 aromatic rings. The third kappa shape index (κ3) is 3.04. The second kappa shape index (κ2) is 7.30. The van der Waals surface area contributed by atoms with Gasteiger partial charge in [-0.2, -0.15) is 0 Å². The van der Waals surface area contributed by atoms with Crippen LogP contribution < -0.4 is 10.6 Å². The molecule has 0 amide bonds. The van der Waals surface area contributed by atoms with E-state index in [1.807, 2.05) is 13.0 Å². The van der Waals surface area contributed by atoms with Crippen molar-refractivity contribution in [1.82, 2.24) is 15.6 Å². The zero-order chi connectivity index (χ0) is 19.8. The van der Waals surface area contributed by atoms with Gasteiger partial charge in [-0.3, -0.25) is 4.98 Å². The molecule has 7 nitrogen and oxygen atoms in total. The topological polar surface area (TPSA) is 89.5 Å². The summed E-state index contributed by atoms with van der Waals surface area (Å²) in [4.78, 5) is 29.2. The molecular formula is C21H25N3O4. The Bertz CT molecular complexity index is 863. The second-order valence-corrected chi connectivity index (χ2v) is 7.72. The van der Waals surface area contributed by atoms with Crippen LogP contribution >= 0.6 is 0 Å². The predicted molar refractivity (Wildman–Crippen MR) is 103 cm³/mol. The Balaban J connectivity index is 1.52. The summed E-state index contributed by atoms with van der Waals surface area (Å²) in [6.45, 7) is 4.87. The SMILES string of the molecule is COC(=O)C1=CNCC2C1CC(OC(=O)C1=CNC(C)c3cnccc31)C2C. The molecule has 1 saturated carbocycles. The first kappa shape index (κ1) is 18.5. The number of fused-ring (bicyclic) bond motifs is 2. The van der Waals surface area contributed by atoms with Gasteiger partial charge >= 0.3 is 11.9 Å². The fourth-order valence-corrected chi connectivity index (χ4v) is 4.61. The Labute approximate surface area is 164 Å².